The molecule has 9 heteroatoms. The van der Waals surface area contributed by atoms with Crippen LogP contribution >= 0.6 is 0 Å². The zero-order valence-electron chi connectivity index (χ0n) is 15.7. The van der Waals surface area contributed by atoms with Gasteiger partial charge in [-0.15, -0.1) is 0 Å². The third-order valence-corrected chi connectivity index (χ3v) is 6.45. The van der Waals surface area contributed by atoms with Crippen LogP contribution < -0.4 is 0 Å². The number of carbonyl (C=O) groups is 2. The van der Waals surface area contributed by atoms with Crippen molar-refractivity contribution in [1.82, 2.24) is 14.1 Å². The van der Waals surface area contributed by atoms with E-state index in [1.165, 1.54) is 23.9 Å². The number of aromatic nitrogens is 2. The Bertz CT molecular complexity index is 1220. The molecule has 2 aromatic carbocycles. The Balaban J connectivity index is 1.84. The first kappa shape index (κ1) is 18.9. The summed E-state index contributed by atoms with van der Waals surface area (Å²) in [5.41, 5.74) is 1.54. The molecule has 0 saturated carbocycles. The molecule has 1 aliphatic rings. The number of methoxy groups -OCH3 is 1. The van der Waals surface area contributed by atoms with E-state index in [0.29, 0.717) is 11.4 Å². The van der Waals surface area contributed by atoms with Gasteiger partial charge in [-0.3, -0.25) is 4.79 Å². The van der Waals surface area contributed by atoms with Crippen LogP contribution in [0.1, 0.15) is 32.1 Å². The molecule has 3 aromatic rings. The third-order valence-electron chi connectivity index (χ3n) is 4.70. The van der Waals surface area contributed by atoms with Crippen LogP contribution in [-0.2, 0) is 21.3 Å². The first-order chi connectivity index (χ1) is 13.8. The number of benzene rings is 2. The second-order valence-electron chi connectivity index (χ2n) is 6.54. The molecule has 4 rings (SSSR count). The normalized spacial score (nSPS) is 13.4. The molecular weight excluding hydrogens is 394 g/mol. The summed E-state index contributed by atoms with van der Waals surface area (Å²) in [6.07, 6.45) is 0. The molecule has 0 spiro atoms. The van der Waals surface area contributed by atoms with Crippen molar-refractivity contribution in [2.75, 3.05) is 7.11 Å². The molecular formula is C20H17N3O5S. The van der Waals surface area contributed by atoms with Crippen molar-refractivity contribution in [3.63, 3.8) is 0 Å². The number of fused-ring (bicyclic) bond motifs is 1. The van der Waals surface area contributed by atoms with Crippen molar-refractivity contribution in [2.24, 2.45) is 0 Å². The first-order valence-corrected chi connectivity index (χ1v) is 10.2. The topological polar surface area (TPSA) is 98.6 Å². The molecule has 0 radical (unpaired) electrons. The van der Waals surface area contributed by atoms with Gasteiger partial charge in [0.15, 0.2) is 5.69 Å². The van der Waals surface area contributed by atoms with E-state index in [9.17, 15) is 18.0 Å². The summed E-state index contributed by atoms with van der Waals surface area (Å²) in [5, 5.41) is 4.22. The lowest BCUT2D eigenvalue weighted by atomic mass is 10.2. The van der Waals surface area contributed by atoms with Gasteiger partial charge >= 0.3 is 5.97 Å². The molecule has 148 valence electrons. The lowest BCUT2D eigenvalue weighted by Gasteiger charge is -2.17. The van der Waals surface area contributed by atoms with Crippen LogP contribution in [0.15, 0.2) is 59.5 Å². The Morgan fingerprint density at radius 3 is 2.34 bits per heavy atom. The summed E-state index contributed by atoms with van der Waals surface area (Å²) in [6, 6.07) is 15.1. The third kappa shape index (κ3) is 2.99. The van der Waals surface area contributed by atoms with Crippen LogP contribution in [0, 0.1) is 6.92 Å². The monoisotopic (exact) mass is 411 g/mol. The number of sulfonamides is 1. The van der Waals surface area contributed by atoms with Crippen molar-refractivity contribution in [3.05, 3.63) is 77.1 Å². The van der Waals surface area contributed by atoms with Crippen molar-refractivity contribution < 1.29 is 22.7 Å². The summed E-state index contributed by atoms with van der Waals surface area (Å²) >= 11 is 0. The Morgan fingerprint density at radius 2 is 1.72 bits per heavy atom. The zero-order chi connectivity index (χ0) is 20.8. The van der Waals surface area contributed by atoms with Crippen LogP contribution in [-0.4, -0.2) is 41.5 Å². The second kappa shape index (κ2) is 6.85. The average Bonchev–Trinajstić information content (AvgIpc) is 3.27. The van der Waals surface area contributed by atoms with Crippen LogP contribution in [0.4, 0.5) is 0 Å². The zero-order valence-corrected chi connectivity index (χ0v) is 16.5. The number of hydrogen-bond donors (Lipinski definition) is 0. The highest BCUT2D eigenvalue weighted by Crippen LogP contribution is 2.32. The van der Waals surface area contributed by atoms with Gasteiger partial charge in [-0.2, -0.15) is 5.10 Å². The highest BCUT2D eigenvalue weighted by atomic mass is 32.2. The van der Waals surface area contributed by atoms with E-state index in [1.54, 1.807) is 36.4 Å². The quantitative estimate of drug-likeness (QED) is 0.611. The lowest BCUT2D eigenvalue weighted by molar-refractivity contribution is 0.0588. The fourth-order valence-electron chi connectivity index (χ4n) is 3.21. The van der Waals surface area contributed by atoms with Gasteiger partial charge in [-0.05, 0) is 31.2 Å². The summed E-state index contributed by atoms with van der Waals surface area (Å²) < 4.78 is 33.1. The van der Waals surface area contributed by atoms with Gasteiger partial charge in [-0.1, -0.05) is 35.9 Å². The van der Waals surface area contributed by atoms with E-state index in [0.717, 1.165) is 9.87 Å². The summed E-state index contributed by atoms with van der Waals surface area (Å²) in [5.74, 6) is -1.61. The second-order valence-corrected chi connectivity index (χ2v) is 8.40. The number of aryl methyl sites for hydroxylation is 1. The fourth-order valence-corrected chi connectivity index (χ4v) is 4.55. The Morgan fingerprint density at radius 1 is 1.07 bits per heavy atom. The van der Waals surface area contributed by atoms with Gasteiger partial charge in [0.25, 0.3) is 15.9 Å². The van der Waals surface area contributed by atoms with E-state index < -0.39 is 21.9 Å². The standard InChI is InChI=1S/C20H17N3O5S/c1-13-8-10-15(11-9-13)29(26,27)22-12-16-17(19(22)24)18(20(25)28-2)21-23(16)14-6-4-3-5-7-14/h3-11H,12H2,1-2H3. The van der Waals surface area contributed by atoms with E-state index in [4.69, 9.17) is 4.74 Å². The summed E-state index contributed by atoms with van der Waals surface area (Å²) in [7, 11) is -2.92. The molecule has 0 fully saturated rings. The fraction of sp³-hybridized carbons (Fsp3) is 0.150. The Kier molecular flexibility index (Phi) is 4.46. The number of amides is 1. The Hall–Kier alpha value is -3.46. The maximum atomic E-state index is 13.1. The molecule has 0 atom stereocenters. The minimum Gasteiger partial charge on any atom is -0.464 e. The lowest BCUT2D eigenvalue weighted by Crippen LogP contribution is -2.32. The predicted octanol–water partition coefficient (Wildman–Crippen LogP) is 2.31. The highest BCUT2D eigenvalue weighted by molar-refractivity contribution is 7.89. The number of carbonyl (C=O) groups excluding carboxylic acids is 2. The van der Waals surface area contributed by atoms with Gasteiger partial charge in [0.05, 0.1) is 35.5 Å². The molecule has 0 unspecified atom stereocenters. The first-order valence-electron chi connectivity index (χ1n) is 8.74. The number of nitrogens with zero attached hydrogens (tertiary/aromatic N) is 3. The van der Waals surface area contributed by atoms with Crippen molar-refractivity contribution >= 4 is 21.9 Å². The molecule has 1 aliphatic heterocycles. The molecule has 29 heavy (non-hydrogen) atoms. The molecule has 0 aliphatic carbocycles. The van der Waals surface area contributed by atoms with Gasteiger partial charge in [0.2, 0.25) is 0 Å². The molecule has 8 nitrogen and oxygen atoms in total. The number of para-hydroxylation sites is 1. The van der Waals surface area contributed by atoms with Gasteiger partial charge in [-0.25, -0.2) is 22.2 Å². The Labute approximate surface area is 167 Å². The molecule has 0 bridgehead atoms. The number of rotatable bonds is 4. The maximum Gasteiger partial charge on any atom is 0.359 e. The van der Waals surface area contributed by atoms with Crippen LogP contribution in [0.5, 0.6) is 0 Å². The van der Waals surface area contributed by atoms with Gasteiger partial charge in [0.1, 0.15) is 0 Å². The number of ether oxygens (including phenoxy) is 1. The average molecular weight is 411 g/mol. The largest absolute Gasteiger partial charge is 0.464 e. The molecule has 1 aromatic heterocycles. The van der Waals surface area contributed by atoms with Crippen molar-refractivity contribution in [3.8, 4) is 5.69 Å². The minimum absolute atomic E-state index is 0.000409. The van der Waals surface area contributed by atoms with E-state index in [-0.39, 0.29) is 22.7 Å². The molecule has 2 heterocycles. The van der Waals surface area contributed by atoms with Crippen molar-refractivity contribution in [2.45, 2.75) is 18.4 Å². The number of esters is 1. The van der Waals surface area contributed by atoms with E-state index in [1.807, 2.05) is 13.0 Å². The minimum atomic E-state index is -4.10. The van der Waals surface area contributed by atoms with Gasteiger partial charge in [0, 0.05) is 0 Å². The van der Waals surface area contributed by atoms with E-state index >= 15 is 0 Å². The molecule has 1 amide bonds. The summed E-state index contributed by atoms with van der Waals surface area (Å²) in [6.45, 7) is 1.60. The predicted molar refractivity (Wildman–Crippen MR) is 103 cm³/mol. The smallest absolute Gasteiger partial charge is 0.359 e. The van der Waals surface area contributed by atoms with Crippen LogP contribution in [0.2, 0.25) is 0 Å². The van der Waals surface area contributed by atoms with E-state index in [2.05, 4.69) is 5.10 Å². The van der Waals surface area contributed by atoms with Crippen LogP contribution in [0.25, 0.3) is 5.69 Å². The van der Waals surface area contributed by atoms with Crippen molar-refractivity contribution in [1.29, 1.82) is 0 Å². The highest BCUT2D eigenvalue weighted by Gasteiger charge is 2.43. The SMILES string of the molecule is COC(=O)c1nn(-c2ccccc2)c2c1C(=O)N(S(=O)(=O)c1ccc(C)cc1)C2. The molecule has 0 saturated heterocycles. The maximum absolute atomic E-state index is 13.1. The number of hydrogen-bond acceptors (Lipinski definition) is 6. The van der Waals surface area contributed by atoms with Gasteiger partial charge < -0.3 is 4.74 Å². The summed E-state index contributed by atoms with van der Waals surface area (Å²) in [4.78, 5) is 25.3. The van der Waals surface area contributed by atoms with Crippen LogP contribution in [0.3, 0.4) is 0 Å². The molecule has 0 N–H and O–H groups in total.